The molecule has 3 aromatic carbocycles. The highest BCUT2D eigenvalue weighted by Crippen LogP contribution is 2.61. The number of phenols is 1. The molecule has 0 amide bonds. The molecule has 4 fully saturated rings. The van der Waals surface area contributed by atoms with Crippen molar-refractivity contribution in [1.29, 1.82) is 0 Å². The monoisotopic (exact) mass is 820 g/mol. The summed E-state index contributed by atoms with van der Waals surface area (Å²) in [6, 6.07) is 25.2. The normalized spacial score (nSPS) is 25.1. The van der Waals surface area contributed by atoms with Crippen LogP contribution in [0.5, 0.6) is 11.6 Å². The first-order valence-corrected chi connectivity index (χ1v) is 22.8. The topological polar surface area (TPSA) is 106 Å². The van der Waals surface area contributed by atoms with Gasteiger partial charge in [-0.05, 0) is 173 Å². The Morgan fingerprint density at radius 2 is 1.23 bits per heavy atom. The summed E-state index contributed by atoms with van der Waals surface area (Å²) in [6.07, 6.45) is 10.4. The third-order valence-corrected chi connectivity index (χ3v) is 14.9. The number of hydrogen-bond donors (Lipinski definition) is 2. The number of carbonyl (C=O) groups is 2. The molecule has 3 atom stereocenters. The summed E-state index contributed by atoms with van der Waals surface area (Å²) in [4.78, 5) is 37.6. The van der Waals surface area contributed by atoms with Gasteiger partial charge in [0.2, 0.25) is 5.88 Å². The highest BCUT2D eigenvalue weighted by Gasteiger charge is 2.59. The van der Waals surface area contributed by atoms with Gasteiger partial charge in [0.05, 0.1) is 10.8 Å². The van der Waals surface area contributed by atoms with Gasteiger partial charge in [0.1, 0.15) is 11.4 Å². The maximum Gasteiger partial charge on any atom is 0.318 e. The number of benzene rings is 3. The van der Waals surface area contributed by atoms with Crippen LogP contribution in [0.4, 0.5) is 0 Å². The summed E-state index contributed by atoms with van der Waals surface area (Å²) in [5.74, 6) is 5.31. The van der Waals surface area contributed by atoms with Crippen molar-refractivity contribution in [2.75, 3.05) is 0 Å². The highest BCUT2D eigenvalue weighted by atomic mass is 16.6. The molecule has 0 radical (unpaired) electrons. The third-order valence-electron chi connectivity index (χ3n) is 14.9. The van der Waals surface area contributed by atoms with E-state index in [1.54, 1.807) is 38.1 Å². The highest BCUT2D eigenvalue weighted by molar-refractivity contribution is 5.92. The van der Waals surface area contributed by atoms with Crippen LogP contribution in [0.2, 0.25) is 0 Å². The van der Waals surface area contributed by atoms with Gasteiger partial charge in [-0.1, -0.05) is 103 Å². The standard InChI is InChI=1S/C18H30O2.C14H14.C11H15NO3.C10H14O/c1-5-17(3,4)16(19)20-18(6-2)14-8-12-7-13(10-14)11-15(18)9-12;1-9-10(2)13-8-4-6-11-5-3-7-12(9)14(11)13;1-4-11(2,3)10(14)15-9-7-5-6-8(13)12-9;1-3-8(2)9-4-6-10(11)7-5-9/h12-15H,5-11H2,1-4H3;3-10H,1-2H3;5-7H,4H2,1-3H3,(H,12,13);4-8,11H,3H2,1-2H3. The lowest BCUT2D eigenvalue weighted by molar-refractivity contribution is -0.218. The van der Waals surface area contributed by atoms with Crippen molar-refractivity contribution >= 4 is 22.7 Å². The van der Waals surface area contributed by atoms with E-state index < -0.39 is 5.41 Å². The van der Waals surface area contributed by atoms with E-state index in [0.29, 0.717) is 41.8 Å². The number of carbonyl (C=O) groups excluding carboxylic acids is 2. The summed E-state index contributed by atoms with van der Waals surface area (Å²) >= 11 is 0. The quantitative estimate of drug-likeness (QED) is 0.163. The van der Waals surface area contributed by atoms with Crippen molar-refractivity contribution in [3.8, 4) is 11.6 Å². The minimum absolute atomic E-state index is 0.0364. The third kappa shape index (κ3) is 10.4. The van der Waals surface area contributed by atoms with E-state index in [1.807, 2.05) is 32.9 Å². The second-order valence-electron chi connectivity index (χ2n) is 19.5. The van der Waals surface area contributed by atoms with E-state index in [-0.39, 0.29) is 34.4 Å². The number of ether oxygens (including phenoxy) is 2. The van der Waals surface area contributed by atoms with Crippen molar-refractivity contribution in [1.82, 2.24) is 4.98 Å². The number of rotatable bonds is 9. The largest absolute Gasteiger partial charge is 0.508 e. The summed E-state index contributed by atoms with van der Waals surface area (Å²) in [5.41, 5.74) is 3.08. The molecule has 0 aliphatic heterocycles. The second-order valence-corrected chi connectivity index (χ2v) is 19.5. The SMILES string of the molecule is CC1c2cccc3cccc(c23)C1C.CCC(C)(C)C(=O)OC1(CC)C2CC3CC(C2)CC1C3.CCC(C)(C)C(=O)Oc1cccc(=O)[nH]1.CCC(C)c1ccc(O)cc1. The lowest BCUT2D eigenvalue weighted by atomic mass is 9.49. The molecule has 4 aromatic rings. The van der Waals surface area contributed by atoms with Crippen LogP contribution in [-0.2, 0) is 14.3 Å². The van der Waals surface area contributed by atoms with Gasteiger partial charge in [0.15, 0.2) is 0 Å². The number of aromatic amines is 1. The molecule has 5 aliphatic carbocycles. The molecule has 4 bridgehead atoms. The van der Waals surface area contributed by atoms with Gasteiger partial charge < -0.3 is 14.6 Å². The molecule has 4 saturated carbocycles. The van der Waals surface area contributed by atoms with Crippen LogP contribution in [0.25, 0.3) is 10.8 Å². The number of hydrogen-bond acceptors (Lipinski definition) is 6. The number of phenolic OH excluding ortho intramolecular Hbond substituents is 1. The fourth-order valence-electron chi connectivity index (χ4n) is 9.86. The van der Waals surface area contributed by atoms with Gasteiger partial charge in [-0.2, -0.15) is 0 Å². The molecule has 9 rings (SSSR count). The molecule has 1 aromatic heterocycles. The van der Waals surface area contributed by atoms with Gasteiger partial charge in [0, 0.05) is 6.07 Å². The molecule has 3 unspecified atom stereocenters. The number of nitrogens with one attached hydrogen (secondary N) is 1. The van der Waals surface area contributed by atoms with Crippen molar-refractivity contribution < 1.29 is 24.2 Å². The summed E-state index contributed by atoms with van der Waals surface area (Å²) in [5, 5.41) is 11.9. The zero-order valence-corrected chi connectivity index (χ0v) is 38.4. The maximum atomic E-state index is 12.6. The van der Waals surface area contributed by atoms with E-state index in [1.165, 1.54) is 65.6 Å². The van der Waals surface area contributed by atoms with Gasteiger partial charge in [0.25, 0.3) is 5.56 Å². The lowest BCUT2D eigenvalue weighted by Gasteiger charge is -2.60. The van der Waals surface area contributed by atoms with E-state index in [0.717, 1.165) is 31.1 Å². The molecule has 326 valence electrons. The van der Waals surface area contributed by atoms with Crippen LogP contribution in [0.1, 0.15) is 168 Å². The Hall–Kier alpha value is -4.39. The molecule has 5 aliphatic rings. The summed E-state index contributed by atoms with van der Waals surface area (Å²) in [6.45, 7) is 22.9. The Labute approximate surface area is 360 Å². The molecule has 1 heterocycles. The van der Waals surface area contributed by atoms with Gasteiger partial charge >= 0.3 is 11.9 Å². The fraction of sp³-hybridized carbons (Fsp3) is 0.566. The van der Waals surface area contributed by atoms with Crippen LogP contribution in [0, 0.1) is 34.5 Å². The van der Waals surface area contributed by atoms with Crippen molar-refractivity contribution in [2.45, 2.75) is 157 Å². The Morgan fingerprint density at radius 1 is 0.733 bits per heavy atom. The number of aromatic nitrogens is 1. The molecule has 60 heavy (non-hydrogen) atoms. The van der Waals surface area contributed by atoms with E-state index in [9.17, 15) is 14.4 Å². The van der Waals surface area contributed by atoms with Crippen molar-refractivity contribution in [3.63, 3.8) is 0 Å². The average molecular weight is 820 g/mol. The van der Waals surface area contributed by atoms with Gasteiger partial charge in [-0.15, -0.1) is 0 Å². The molecule has 2 N–H and O–H groups in total. The minimum Gasteiger partial charge on any atom is -0.508 e. The first-order chi connectivity index (χ1) is 28.4. The van der Waals surface area contributed by atoms with Crippen molar-refractivity contribution in [3.05, 3.63) is 106 Å². The van der Waals surface area contributed by atoms with Crippen LogP contribution in [0.3, 0.4) is 0 Å². The smallest absolute Gasteiger partial charge is 0.318 e. The summed E-state index contributed by atoms with van der Waals surface area (Å²) < 4.78 is 11.3. The zero-order valence-electron chi connectivity index (χ0n) is 38.4. The Balaban J connectivity index is 0.000000155. The van der Waals surface area contributed by atoms with Crippen LogP contribution < -0.4 is 10.3 Å². The van der Waals surface area contributed by atoms with E-state index in [4.69, 9.17) is 14.6 Å². The first kappa shape index (κ1) is 46.7. The molecule has 7 heteroatoms. The Kier molecular flexibility index (Phi) is 15.2. The van der Waals surface area contributed by atoms with Gasteiger partial charge in [-0.3, -0.25) is 19.4 Å². The Bertz CT molecular complexity index is 2040. The minimum atomic E-state index is -0.535. The number of aromatic hydroxyl groups is 1. The van der Waals surface area contributed by atoms with E-state index in [2.05, 4.69) is 82.9 Å². The zero-order chi connectivity index (χ0) is 44.0. The predicted molar refractivity (Wildman–Crippen MR) is 245 cm³/mol. The average Bonchev–Trinajstić information content (AvgIpc) is 3.48. The fourth-order valence-corrected chi connectivity index (χ4v) is 9.86. The summed E-state index contributed by atoms with van der Waals surface area (Å²) in [7, 11) is 0. The molecule has 0 spiro atoms. The molecular weight excluding hydrogens is 747 g/mol. The van der Waals surface area contributed by atoms with Crippen molar-refractivity contribution in [2.24, 2.45) is 34.5 Å². The Morgan fingerprint density at radius 3 is 1.70 bits per heavy atom. The molecule has 7 nitrogen and oxygen atoms in total. The van der Waals surface area contributed by atoms with Crippen LogP contribution in [-0.4, -0.2) is 27.6 Å². The number of H-pyrrole nitrogens is 1. The first-order valence-electron chi connectivity index (χ1n) is 22.8. The predicted octanol–water partition coefficient (Wildman–Crippen LogP) is 13.3. The van der Waals surface area contributed by atoms with E-state index >= 15 is 0 Å². The van der Waals surface area contributed by atoms with Crippen LogP contribution in [0.15, 0.2) is 83.7 Å². The lowest BCUT2D eigenvalue weighted by Crippen LogP contribution is -2.60. The number of pyridine rings is 1. The van der Waals surface area contributed by atoms with Gasteiger partial charge in [-0.25, -0.2) is 0 Å². The maximum absolute atomic E-state index is 12.6. The second kappa shape index (κ2) is 19.5. The molecular formula is C53H73NO6. The number of esters is 2. The van der Waals surface area contributed by atoms with Crippen LogP contribution >= 0.6 is 0 Å². The molecule has 0 saturated heterocycles.